The van der Waals surface area contributed by atoms with Gasteiger partial charge in [0, 0.05) is 63.9 Å². The van der Waals surface area contributed by atoms with Crippen LogP contribution in [0.1, 0.15) is 40.4 Å². The normalized spacial score (nSPS) is 16.2. The lowest BCUT2D eigenvalue weighted by atomic mass is 9.97. The number of hydrogen-bond donors (Lipinski definition) is 2. The fourth-order valence-corrected chi connectivity index (χ4v) is 6.93. The van der Waals surface area contributed by atoms with Gasteiger partial charge in [0.1, 0.15) is 16.7 Å². The number of nitrogens with zero attached hydrogens (tertiary/aromatic N) is 3. The summed E-state index contributed by atoms with van der Waals surface area (Å²) in [7, 11) is 0. The van der Waals surface area contributed by atoms with Gasteiger partial charge in [0.05, 0.1) is 21.6 Å². The van der Waals surface area contributed by atoms with Crippen molar-refractivity contribution >= 4 is 63.8 Å². The van der Waals surface area contributed by atoms with Crippen molar-refractivity contribution < 1.29 is 55.4 Å². The van der Waals surface area contributed by atoms with Crippen LogP contribution in [0, 0.1) is 0 Å². The van der Waals surface area contributed by atoms with Crippen LogP contribution in [-0.2, 0) is 26.7 Å². The van der Waals surface area contributed by atoms with Gasteiger partial charge >= 0.3 is 18.3 Å². The van der Waals surface area contributed by atoms with Gasteiger partial charge in [0.25, 0.3) is 5.91 Å². The van der Waals surface area contributed by atoms with E-state index in [4.69, 9.17) is 22.1 Å². The van der Waals surface area contributed by atoms with Gasteiger partial charge in [-0.15, -0.1) is 0 Å². The number of thioether (sulfide) groups is 1. The molecule has 0 radical (unpaired) electrons. The van der Waals surface area contributed by atoms with Crippen LogP contribution >= 0.6 is 24.0 Å². The molecule has 0 aliphatic carbocycles. The Morgan fingerprint density at radius 3 is 2.09 bits per heavy atom. The van der Waals surface area contributed by atoms with Crippen molar-refractivity contribution in [2.24, 2.45) is 0 Å². The fourth-order valence-electron chi connectivity index (χ4n) is 5.63. The molecule has 0 bridgehead atoms. The smallest absolute Gasteiger partial charge is 0.416 e. The summed E-state index contributed by atoms with van der Waals surface area (Å²) in [5.41, 5.74) is -2.79. The van der Waals surface area contributed by atoms with Crippen molar-refractivity contribution in [3.05, 3.63) is 87.8 Å². The largest absolute Gasteiger partial charge is 0.492 e. The fraction of sp³-hybridized carbons (Fsp3) is 0.306. The van der Waals surface area contributed by atoms with Crippen LogP contribution in [0.15, 0.2) is 65.6 Å². The Hall–Kier alpha value is -4.94. The number of nitrogens with one attached hydrogen (secondary N) is 1. The lowest BCUT2D eigenvalue weighted by molar-refractivity contribution is -0.143. The second kappa shape index (κ2) is 16.6. The van der Waals surface area contributed by atoms with Gasteiger partial charge in [-0.25, -0.2) is 4.79 Å². The Bertz CT molecular complexity index is 1950. The third-order valence-corrected chi connectivity index (χ3v) is 9.93. The van der Waals surface area contributed by atoms with E-state index in [1.165, 1.54) is 60.4 Å². The molecule has 0 atom stereocenters. The van der Waals surface area contributed by atoms with E-state index in [-0.39, 0.29) is 68.8 Å². The molecule has 2 fully saturated rings. The summed E-state index contributed by atoms with van der Waals surface area (Å²) in [6.45, 7) is 4.23. The Kier molecular flexibility index (Phi) is 12.4. The number of carboxylic acid groups (broad SMARTS) is 1. The molecule has 286 valence electrons. The summed E-state index contributed by atoms with van der Waals surface area (Å²) in [4.78, 5) is 53.9. The topological polar surface area (TPSA) is 119 Å². The molecule has 2 aliphatic heterocycles. The lowest BCUT2D eigenvalue weighted by Gasteiger charge is -2.34. The third kappa shape index (κ3) is 10.2. The number of ether oxygens (including phenoxy) is 1. The van der Waals surface area contributed by atoms with Crippen molar-refractivity contribution in [1.82, 2.24) is 14.7 Å². The minimum atomic E-state index is -5.06. The third-order valence-electron chi connectivity index (χ3n) is 8.55. The van der Waals surface area contributed by atoms with Gasteiger partial charge in [-0.05, 0) is 71.8 Å². The van der Waals surface area contributed by atoms with Crippen molar-refractivity contribution in [1.29, 1.82) is 0 Å². The zero-order valence-corrected chi connectivity index (χ0v) is 30.1. The predicted octanol–water partition coefficient (Wildman–Crippen LogP) is 6.86. The van der Waals surface area contributed by atoms with Crippen LogP contribution in [0.5, 0.6) is 5.75 Å². The summed E-state index contributed by atoms with van der Waals surface area (Å²) >= 11 is 6.29. The quantitative estimate of drug-likeness (QED) is 0.122. The SMILES string of the molecule is CC(=O)N1CCN(CCOc2ccc(-c3cc(C(F)(F)F)cc(C(F)(F)F)c3)cc2C=C2SC(=S)N(CCC(=O)Nc3ccc(C(=O)O)cc3)C2=O)CC1. The zero-order valence-electron chi connectivity index (χ0n) is 28.4. The van der Waals surface area contributed by atoms with E-state index < -0.39 is 41.3 Å². The second-order valence-electron chi connectivity index (χ2n) is 12.3. The number of carbonyl (C=O) groups is 4. The first-order valence-electron chi connectivity index (χ1n) is 16.3. The molecule has 0 unspecified atom stereocenters. The Balaban J connectivity index is 1.38. The molecule has 0 saturated carbocycles. The van der Waals surface area contributed by atoms with Gasteiger partial charge in [-0.1, -0.05) is 30.0 Å². The maximum absolute atomic E-state index is 13.7. The monoisotopic (exact) mass is 794 g/mol. The highest BCUT2D eigenvalue weighted by atomic mass is 32.2. The first kappa shape index (κ1) is 40.2. The maximum atomic E-state index is 13.7. The van der Waals surface area contributed by atoms with Crippen LogP contribution < -0.4 is 10.1 Å². The molecular weight excluding hydrogens is 763 g/mol. The van der Waals surface area contributed by atoms with Crippen molar-refractivity contribution in [3.8, 4) is 16.9 Å². The summed E-state index contributed by atoms with van der Waals surface area (Å²) in [6.07, 6.45) is -8.92. The number of aromatic carboxylic acids is 1. The molecule has 18 heteroatoms. The number of hydrogen-bond acceptors (Lipinski definition) is 8. The van der Waals surface area contributed by atoms with E-state index in [1.54, 1.807) is 4.90 Å². The van der Waals surface area contributed by atoms with E-state index in [9.17, 15) is 45.5 Å². The molecule has 2 heterocycles. The Morgan fingerprint density at radius 2 is 1.52 bits per heavy atom. The molecule has 0 aromatic heterocycles. The number of alkyl halides is 6. The van der Waals surface area contributed by atoms with E-state index in [0.29, 0.717) is 50.5 Å². The number of rotatable bonds is 11. The van der Waals surface area contributed by atoms with Gasteiger partial charge in [-0.2, -0.15) is 26.3 Å². The number of benzene rings is 3. The minimum absolute atomic E-state index is 0.00547. The summed E-state index contributed by atoms with van der Waals surface area (Å²) in [5.74, 6) is -2.03. The Labute approximate surface area is 314 Å². The van der Waals surface area contributed by atoms with Gasteiger partial charge in [0.15, 0.2) is 0 Å². The predicted molar refractivity (Wildman–Crippen MR) is 193 cm³/mol. The second-order valence-corrected chi connectivity index (χ2v) is 13.9. The van der Waals surface area contributed by atoms with Crippen molar-refractivity contribution in [3.63, 3.8) is 0 Å². The van der Waals surface area contributed by atoms with E-state index >= 15 is 0 Å². The average molecular weight is 795 g/mol. The highest BCUT2D eigenvalue weighted by Crippen LogP contribution is 2.40. The highest BCUT2D eigenvalue weighted by Gasteiger charge is 2.37. The summed E-state index contributed by atoms with van der Waals surface area (Å²) in [6, 6.07) is 10.8. The summed E-state index contributed by atoms with van der Waals surface area (Å²) < 4.78 is 88.2. The number of carboxylic acids is 1. The number of anilines is 1. The molecular formula is C36H32F6N4O6S2. The number of thiocarbonyl (C=S) groups is 1. The van der Waals surface area contributed by atoms with Crippen LogP contribution in [0.2, 0.25) is 0 Å². The molecule has 0 spiro atoms. The molecule has 2 saturated heterocycles. The Morgan fingerprint density at radius 1 is 0.889 bits per heavy atom. The van der Waals surface area contributed by atoms with Gasteiger partial charge in [0.2, 0.25) is 11.8 Å². The number of piperazine rings is 1. The van der Waals surface area contributed by atoms with E-state index in [0.717, 1.165) is 11.8 Å². The van der Waals surface area contributed by atoms with Crippen LogP contribution in [0.4, 0.5) is 32.0 Å². The number of amides is 3. The van der Waals surface area contributed by atoms with Crippen molar-refractivity contribution in [2.45, 2.75) is 25.7 Å². The molecule has 3 aromatic carbocycles. The minimum Gasteiger partial charge on any atom is -0.492 e. The molecule has 5 rings (SSSR count). The zero-order chi connectivity index (χ0) is 39.4. The molecule has 2 aliphatic rings. The highest BCUT2D eigenvalue weighted by molar-refractivity contribution is 8.26. The average Bonchev–Trinajstić information content (AvgIpc) is 3.38. The van der Waals surface area contributed by atoms with Crippen LogP contribution in [-0.4, -0.2) is 93.7 Å². The first-order chi connectivity index (χ1) is 25.4. The summed E-state index contributed by atoms with van der Waals surface area (Å²) in [5, 5.41) is 11.7. The molecule has 54 heavy (non-hydrogen) atoms. The molecule has 2 N–H and O–H groups in total. The number of carbonyl (C=O) groups excluding carboxylic acids is 3. The standard InChI is InChI=1S/C36H32F6N4O6S2/c1-21(47)45-12-10-44(11-13-45)14-15-52-29-7-4-23(24-17-26(35(37,38)39)20-27(18-24)36(40,41)42)16-25(29)19-30-32(49)46(34(53)54-30)9-8-31(48)43-28-5-2-22(3-6-28)33(50)51/h2-7,16-20H,8-15H2,1H3,(H,43,48)(H,50,51). The molecule has 10 nitrogen and oxygen atoms in total. The van der Waals surface area contributed by atoms with E-state index in [2.05, 4.69) is 10.2 Å². The van der Waals surface area contributed by atoms with Crippen LogP contribution in [0.3, 0.4) is 0 Å². The maximum Gasteiger partial charge on any atom is 0.416 e. The lowest BCUT2D eigenvalue weighted by Crippen LogP contribution is -2.48. The van der Waals surface area contributed by atoms with Gasteiger partial charge in [-0.3, -0.25) is 24.2 Å². The van der Waals surface area contributed by atoms with Crippen LogP contribution in [0.25, 0.3) is 17.2 Å². The molecule has 3 amide bonds. The number of halogens is 6. The molecule has 3 aromatic rings. The van der Waals surface area contributed by atoms with E-state index in [1.807, 2.05) is 0 Å². The first-order valence-corrected chi connectivity index (χ1v) is 17.5. The van der Waals surface area contributed by atoms with Gasteiger partial charge < -0.3 is 20.1 Å². The van der Waals surface area contributed by atoms with Crippen molar-refractivity contribution in [2.75, 3.05) is 51.2 Å².